The molecule has 0 saturated carbocycles. The van der Waals surface area contributed by atoms with Crippen molar-refractivity contribution < 1.29 is 18.4 Å². The van der Waals surface area contributed by atoms with E-state index in [1.807, 2.05) is 6.92 Å². The summed E-state index contributed by atoms with van der Waals surface area (Å²) in [5.74, 6) is 2.14. The van der Waals surface area contributed by atoms with Gasteiger partial charge in [0.25, 0.3) is 5.89 Å². The van der Waals surface area contributed by atoms with Crippen molar-refractivity contribution in [1.29, 1.82) is 0 Å². The molecule has 0 unspecified atom stereocenters. The predicted molar refractivity (Wildman–Crippen MR) is 71.7 cm³/mol. The quantitative estimate of drug-likeness (QED) is 0.785. The Bertz CT molecular complexity index is 547. The Hall–Kier alpha value is -1.69. The van der Waals surface area contributed by atoms with Crippen LogP contribution in [0.3, 0.4) is 0 Å². The van der Waals surface area contributed by atoms with Gasteiger partial charge >= 0.3 is 5.97 Å². The van der Waals surface area contributed by atoms with Crippen molar-refractivity contribution in [3.05, 3.63) is 29.9 Å². The number of aromatic nitrogens is 1. The van der Waals surface area contributed by atoms with E-state index in [4.69, 9.17) is 8.83 Å². The van der Waals surface area contributed by atoms with E-state index in [-0.39, 0.29) is 11.2 Å². The van der Waals surface area contributed by atoms with E-state index < -0.39 is 0 Å². The van der Waals surface area contributed by atoms with Crippen LogP contribution in [-0.2, 0) is 15.3 Å². The number of methoxy groups -OCH3 is 1. The van der Waals surface area contributed by atoms with Gasteiger partial charge in [0.1, 0.15) is 5.76 Å². The molecule has 2 rings (SSSR count). The Morgan fingerprint density at radius 3 is 3.00 bits per heavy atom. The first-order valence-corrected chi connectivity index (χ1v) is 6.86. The average Bonchev–Trinajstić information content (AvgIpc) is 3.04. The van der Waals surface area contributed by atoms with Gasteiger partial charge in [0, 0.05) is 5.75 Å². The minimum atomic E-state index is -0.239. The van der Waals surface area contributed by atoms with E-state index >= 15 is 0 Å². The fourth-order valence-electron chi connectivity index (χ4n) is 1.51. The zero-order valence-corrected chi connectivity index (χ0v) is 11.8. The summed E-state index contributed by atoms with van der Waals surface area (Å²) in [5, 5.41) is -0.229. The Labute approximate surface area is 115 Å². The number of ether oxygens (including phenoxy) is 1. The lowest BCUT2D eigenvalue weighted by atomic mass is 10.4. The van der Waals surface area contributed by atoms with Gasteiger partial charge in [0.15, 0.2) is 5.76 Å². The van der Waals surface area contributed by atoms with Crippen molar-refractivity contribution in [1.82, 2.24) is 4.98 Å². The maximum atomic E-state index is 11.3. The predicted octanol–water partition coefficient (Wildman–Crippen LogP) is 3.04. The molecule has 0 amide bonds. The van der Waals surface area contributed by atoms with Crippen molar-refractivity contribution in [3.8, 4) is 11.7 Å². The van der Waals surface area contributed by atoms with Crippen LogP contribution >= 0.6 is 11.8 Å². The van der Waals surface area contributed by atoms with Crippen LogP contribution in [0.15, 0.2) is 27.2 Å². The van der Waals surface area contributed by atoms with E-state index in [0.717, 1.165) is 11.5 Å². The van der Waals surface area contributed by atoms with Gasteiger partial charge in [0.2, 0.25) is 0 Å². The molecule has 5 nitrogen and oxygen atoms in total. The van der Waals surface area contributed by atoms with Gasteiger partial charge in [-0.25, -0.2) is 4.98 Å². The second-order valence-corrected chi connectivity index (χ2v) is 5.30. The van der Waals surface area contributed by atoms with Gasteiger partial charge in [-0.05, 0) is 26.0 Å². The zero-order chi connectivity index (χ0) is 13.8. The van der Waals surface area contributed by atoms with Crippen LogP contribution in [-0.4, -0.2) is 23.3 Å². The molecule has 0 N–H and O–H groups in total. The summed E-state index contributed by atoms with van der Waals surface area (Å²) in [6.45, 7) is 3.65. The van der Waals surface area contributed by atoms with Crippen LogP contribution in [0.5, 0.6) is 0 Å². The molecule has 2 heterocycles. The number of furan rings is 1. The number of carbonyl (C=O) groups excluding carboxylic acids is 1. The van der Waals surface area contributed by atoms with Gasteiger partial charge in [0.05, 0.1) is 24.3 Å². The molecule has 0 saturated heterocycles. The fourth-order valence-corrected chi connectivity index (χ4v) is 2.41. The summed E-state index contributed by atoms with van der Waals surface area (Å²) in [5.41, 5.74) is 0.812. The van der Waals surface area contributed by atoms with E-state index in [0.29, 0.717) is 17.4 Å². The lowest BCUT2D eigenvalue weighted by molar-refractivity contribution is -0.139. The molecular formula is C13H15NO4S. The molecule has 0 fully saturated rings. The molecule has 0 bridgehead atoms. The van der Waals surface area contributed by atoms with Crippen molar-refractivity contribution in [2.45, 2.75) is 24.9 Å². The Morgan fingerprint density at radius 1 is 1.58 bits per heavy atom. The van der Waals surface area contributed by atoms with Crippen LogP contribution in [0.1, 0.15) is 18.4 Å². The molecule has 0 spiro atoms. The standard InChI is InChI=1S/C13H15NO4S/c1-8-10(7-19-9(2)13(15)16-3)14-12(18-8)11-5-4-6-17-11/h4-6,9H,7H2,1-3H3/t9-/m1/s1. The number of aryl methyl sites for hydroxylation is 1. The summed E-state index contributed by atoms with van der Waals surface area (Å²) in [4.78, 5) is 15.7. The van der Waals surface area contributed by atoms with Gasteiger partial charge < -0.3 is 13.6 Å². The van der Waals surface area contributed by atoms with Crippen LogP contribution in [0.2, 0.25) is 0 Å². The van der Waals surface area contributed by atoms with Gasteiger partial charge in [-0.1, -0.05) is 0 Å². The minimum Gasteiger partial charge on any atom is -0.468 e. The van der Waals surface area contributed by atoms with Crippen LogP contribution in [0.4, 0.5) is 0 Å². The topological polar surface area (TPSA) is 65.5 Å². The highest BCUT2D eigenvalue weighted by atomic mass is 32.2. The number of rotatable bonds is 5. The molecular weight excluding hydrogens is 266 g/mol. The van der Waals surface area contributed by atoms with E-state index in [1.165, 1.54) is 18.9 Å². The van der Waals surface area contributed by atoms with Gasteiger partial charge in [-0.3, -0.25) is 4.79 Å². The Morgan fingerprint density at radius 2 is 2.37 bits per heavy atom. The van der Waals surface area contributed by atoms with Crippen LogP contribution < -0.4 is 0 Å². The SMILES string of the molecule is COC(=O)[C@@H](C)SCc1nc(-c2ccco2)oc1C. The molecule has 0 aromatic carbocycles. The highest BCUT2D eigenvalue weighted by Crippen LogP contribution is 2.26. The van der Waals surface area contributed by atoms with Gasteiger partial charge in [-0.15, -0.1) is 11.8 Å². The highest BCUT2D eigenvalue weighted by Gasteiger charge is 2.17. The average molecular weight is 281 g/mol. The van der Waals surface area contributed by atoms with Crippen LogP contribution in [0.25, 0.3) is 11.7 Å². The molecule has 6 heteroatoms. The molecule has 0 radical (unpaired) electrons. The molecule has 2 aromatic heterocycles. The third-order valence-corrected chi connectivity index (χ3v) is 3.76. The minimum absolute atomic E-state index is 0.229. The van der Waals surface area contributed by atoms with Crippen molar-refractivity contribution in [2.24, 2.45) is 0 Å². The fraction of sp³-hybridized carbons (Fsp3) is 0.385. The second kappa shape index (κ2) is 5.97. The molecule has 0 aliphatic rings. The monoisotopic (exact) mass is 281 g/mol. The third kappa shape index (κ3) is 3.20. The third-order valence-electron chi connectivity index (χ3n) is 2.63. The maximum Gasteiger partial charge on any atom is 0.318 e. The van der Waals surface area contributed by atoms with Crippen molar-refractivity contribution >= 4 is 17.7 Å². The summed E-state index contributed by atoms with van der Waals surface area (Å²) in [6.07, 6.45) is 1.57. The van der Waals surface area contributed by atoms with Crippen molar-refractivity contribution in [3.63, 3.8) is 0 Å². The number of carbonyl (C=O) groups is 1. The zero-order valence-electron chi connectivity index (χ0n) is 11.0. The van der Waals surface area contributed by atoms with Crippen LogP contribution in [0, 0.1) is 6.92 Å². The molecule has 102 valence electrons. The highest BCUT2D eigenvalue weighted by molar-refractivity contribution is 7.99. The van der Waals surface area contributed by atoms with Gasteiger partial charge in [-0.2, -0.15) is 0 Å². The number of thioether (sulfide) groups is 1. The van der Waals surface area contributed by atoms with E-state index in [2.05, 4.69) is 9.72 Å². The number of hydrogen-bond donors (Lipinski definition) is 0. The summed E-state index contributed by atoms with van der Waals surface area (Å²) in [7, 11) is 1.38. The summed E-state index contributed by atoms with van der Waals surface area (Å²) >= 11 is 1.46. The first-order chi connectivity index (χ1) is 9.11. The summed E-state index contributed by atoms with van der Waals surface area (Å²) in [6, 6.07) is 3.57. The number of hydrogen-bond acceptors (Lipinski definition) is 6. The molecule has 2 aromatic rings. The lowest BCUT2D eigenvalue weighted by Crippen LogP contribution is -2.14. The number of nitrogens with zero attached hydrogens (tertiary/aromatic N) is 1. The first-order valence-electron chi connectivity index (χ1n) is 5.81. The van der Waals surface area contributed by atoms with Crippen molar-refractivity contribution in [2.75, 3.05) is 7.11 Å². The molecule has 1 atom stereocenters. The van der Waals surface area contributed by atoms with E-state index in [9.17, 15) is 4.79 Å². The molecule has 0 aliphatic carbocycles. The smallest absolute Gasteiger partial charge is 0.318 e. The molecule has 0 aliphatic heterocycles. The van der Waals surface area contributed by atoms with E-state index in [1.54, 1.807) is 25.3 Å². The Balaban J connectivity index is 2.04. The Kier molecular flexibility index (Phi) is 4.31. The first kappa shape index (κ1) is 13.7. The molecule has 19 heavy (non-hydrogen) atoms. The number of esters is 1. The summed E-state index contributed by atoms with van der Waals surface area (Å²) < 4.78 is 15.5. The lowest BCUT2D eigenvalue weighted by Gasteiger charge is -2.07. The second-order valence-electron chi connectivity index (χ2n) is 3.98. The maximum absolute atomic E-state index is 11.3. The largest absolute Gasteiger partial charge is 0.468 e. The number of oxazole rings is 1. The normalized spacial score (nSPS) is 12.4.